The molecule has 1 aliphatic rings. The Hall–Kier alpha value is -1.47. The van der Waals surface area contributed by atoms with Crippen molar-refractivity contribution in [1.29, 1.82) is 0 Å². The van der Waals surface area contributed by atoms with Gasteiger partial charge in [0, 0.05) is 39.3 Å². The van der Waals surface area contributed by atoms with E-state index in [9.17, 15) is 4.79 Å². The minimum absolute atomic E-state index is 0.0512. The third-order valence-electron chi connectivity index (χ3n) is 4.79. The van der Waals surface area contributed by atoms with E-state index >= 15 is 0 Å². The van der Waals surface area contributed by atoms with Crippen LogP contribution in [0.1, 0.15) is 19.4 Å². The fraction of sp³-hybridized carbons (Fsp3) is 0.667. The van der Waals surface area contributed by atoms with Gasteiger partial charge in [0.25, 0.3) is 0 Å². The van der Waals surface area contributed by atoms with Gasteiger partial charge in [-0.25, -0.2) is 0 Å². The highest BCUT2D eigenvalue weighted by molar-refractivity contribution is 5.69. The second-order valence-electron chi connectivity index (χ2n) is 8.64. The Kier molecular flexibility index (Phi) is 8.23. The molecule has 1 atom stereocenters. The highest BCUT2D eigenvalue weighted by Gasteiger charge is 2.28. The van der Waals surface area contributed by atoms with Gasteiger partial charge in [-0.15, -0.1) is 0 Å². The maximum Gasteiger partial charge on any atom is 0.317 e. The lowest BCUT2D eigenvalue weighted by molar-refractivity contribution is -0.138. The van der Waals surface area contributed by atoms with Crippen molar-refractivity contribution in [2.75, 3.05) is 60.0 Å². The van der Waals surface area contributed by atoms with E-state index in [2.05, 4.69) is 61.0 Å². The van der Waals surface area contributed by atoms with E-state index < -0.39 is 5.97 Å². The van der Waals surface area contributed by atoms with Crippen LogP contribution < -0.4 is 0 Å². The molecule has 0 amide bonds. The zero-order valence-electron chi connectivity index (χ0n) is 17.2. The number of carbonyl (C=O) groups is 1. The van der Waals surface area contributed by atoms with Gasteiger partial charge in [0.15, 0.2) is 0 Å². The average Bonchev–Trinajstić information content (AvgIpc) is 2.53. The van der Waals surface area contributed by atoms with Crippen molar-refractivity contribution < 1.29 is 14.6 Å². The number of hydrogen-bond donors (Lipinski definition) is 1. The lowest BCUT2D eigenvalue weighted by atomic mass is 9.91. The number of morpholine rings is 1. The van der Waals surface area contributed by atoms with E-state index in [0.717, 1.165) is 32.7 Å². The van der Waals surface area contributed by atoms with Crippen molar-refractivity contribution in [1.82, 2.24) is 14.7 Å². The summed E-state index contributed by atoms with van der Waals surface area (Å²) in [4.78, 5) is 17.5. The van der Waals surface area contributed by atoms with Crippen LogP contribution in [0.2, 0.25) is 0 Å². The summed E-state index contributed by atoms with van der Waals surface area (Å²) in [5, 5.41) is 8.91. The summed E-state index contributed by atoms with van der Waals surface area (Å²) in [6.07, 6.45) is 0.0703. The zero-order valence-corrected chi connectivity index (χ0v) is 17.2. The van der Waals surface area contributed by atoms with Gasteiger partial charge in [-0.05, 0) is 25.1 Å². The van der Waals surface area contributed by atoms with Gasteiger partial charge in [0.05, 0.1) is 19.3 Å². The zero-order chi connectivity index (χ0) is 19.9. The van der Waals surface area contributed by atoms with Gasteiger partial charge in [-0.1, -0.05) is 44.2 Å². The molecule has 1 aromatic rings. The fourth-order valence-corrected chi connectivity index (χ4v) is 4.01. The lowest BCUT2D eigenvalue weighted by Crippen LogP contribution is -2.51. The van der Waals surface area contributed by atoms with Crippen LogP contribution in [0.25, 0.3) is 0 Å². The maximum atomic E-state index is 10.8. The molecule has 1 unspecified atom stereocenters. The number of carboxylic acids is 1. The first-order valence-corrected chi connectivity index (χ1v) is 9.70. The minimum atomic E-state index is -0.798. The van der Waals surface area contributed by atoms with Crippen LogP contribution >= 0.6 is 0 Å². The molecule has 0 aromatic heterocycles. The van der Waals surface area contributed by atoms with Crippen LogP contribution in [0, 0.1) is 5.41 Å². The second-order valence-corrected chi connectivity index (χ2v) is 8.64. The van der Waals surface area contributed by atoms with Crippen molar-refractivity contribution in [2.45, 2.75) is 26.5 Å². The molecular formula is C21H35N3O3. The standard InChI is InChI=1S/C21H35N3O3/c1-21(2,16-23(4)12-18-8-6-5-7-9-18)17-24-10-11-27-19(14-24)13-22(3)15-20(25)26/h5-9,19H,10-17H2,1-4H3,(H,25,26). The number of ether oxygens (including phenoxy) is 1. The van der Waals surface area contributed by atoms with Crippen LogP contribution in [0.5, 0.6) is 0 Å². The molecular weight excluding hydrogens is 342 g/mol. The SMILES string of the molecule is CN(CC(=O)O)CC1CN(CC(C)(C)CN(C)Cc2ccccc2)CCO1. The third-order valence-corrected chi connectivity index (χ3v) is 4.79. The quantitative estimate of drug-likeness (QED) is 0.672. The van der Waals surface area contributed by atoms with Crippen LogP contribution in [0.3, 0.4) is 0 Å². The van der Waals surface area contributed by atoms with Gasteiger partial charge in [0.2, 0.25) is 0 Å². The first-order valence-electron chi connectivity index (χ1n) is 9.70. The molecule has 1 N–H and O–H groups in total. The normalized spacial score (nSPS) is 19.0. The number of benzene rings is 1. The van der Waals surface area contributed by atoms with Gasteiger partial charge in [0.1, 0.15) is 0 Å². The van der Waals surface area contributed by atoms with E-state index in [1.807, 2.05) is 11.9 Å². The number of hydrogen-bond acceptors (Lipinski definition) is 5. The molecule has 1 fully saturated rings. The smallest absolute Gasteiger partial charge is 0.317 e. The largest absolute Gasteiger partial charge is 0.480 e. The Balaban J connectivity index is 1.80. The van der Waals surface area contributed by atoms with Crippen molar-refractivity contribution in [3.05, 3.63) is 35.9 Å². The van der Waals surface area contributed by atoms with Gasteiger partial charge >= 0.3 is 5.97 Å². The second kappa shape index (κ2) is 10.2. The summed E-state index contributed by atoms with van der Waals surface area (Å²) in [5.74, 6) is -0.798. The molecule has 0 radical (unpaired) electrons. The molecule has 1 saturated heterocycles. The maximum absolute atomic E-state index is 10.8. The summed E-state index contributed by atoms with van der Waals surface area (Å²) in [5.41, 5.74) is 1.50. The van der Waals surface area contributed by atoms with E-state index in [4.69, 9.17) is 9.84 Å². The first-order chi connectivity index (χ1) is 12.7. The third kappa shape index (κ3) is 8.39. The fourth-order valence-electron chi connectivity index (χ4n) is 4.01. The van der Waals surface area contributed by atoms with E-state index in [1.54, 1.807) is 0 Å². The van der Waals surface area contributed by atoms with Gasteiger partial charge in [-0.2, -0.15) is 0 Å². The lowest BCUT2D eigenvalue weighted by Gasteiger charge is -2.40. The summed E-state index contributed by atoms with van der Waals surface area (Å²) in [7, 11) is 4.01. The molecule has 2 rings (SSSR count). The number of rotatable bonds is 10. The predicted octanol–water partition coefficient (Wildman–Crippen LogP) is 1.86. The van der Waals surface area contributed by atoms with Crippen molar-refractivity contribution in [2.24, 2.45) is 5.41 Å². The van der Waals surface area contributed by atoms with E-state index in [1.165, 1.54) is 5.56 Å². The van der Waals surface area contributed by atoms with Crippen LogP contribution in [0.4, 0.5) is 0 Å². The molecule has 0 aliphatic carbocycles. The minimum Gasteiger partial charge on any atom is -0.480 e. The molecule has 6 heteroatoms. The molecule has 1 aliphatic heterocycles. The number of aliphatic carboxylic acids is 1. The van der Waals surface area contributed by atoms with Gasteiger partial charge in [-0.3, -0.25) is 14.6 Å². The summed E-state index contributed by atoms with van der Waals surface area (Å²) >= 11 is 0. The molecule has 152 valence electrons. The monoisotopic (exact) mass is 377 g/mol. The predicted molar refractivity (Wildman–Crippen MR) is 108 cm³/mol. The summed E-state index contributed by atoms with van der Waals surface area (Å²) in [6, 6.07) is 10.6. The first kappa shape index (κ1) is 21.8. The molecule has 0 bridgehead atoms. The summed E-state index contributed by atoms with van der Waals surface area (Å²) < 4.78 is 5.85. The van der Waals surface area contributed by atoms with Crippen LogP contribution in [0.15, 0.2) is 30.3 Å². The molecule has 27 heavy (non-hydrogen) atoms. The van der Waals surface area contributed by atoms with E-state index in [-0.39, 0.29) is 18.1 Å². The molecule has 1 heterocycles. The molecule has 0 spiro atoms. The highest BCUT2D eigenvalue weighted by atomic mass is 16.5. The Morgan fingerprint density at radius 1 is 1.26 bits per heavy atom. The number of likely N-dealkylation sites (N-methyl/N-ethyl adjacent to an activating group) is 1. The van der Waals surface area contributed by atoms with Crippen molar-refractivity contribution in [3.8, 4) is 0 Å². The summed E-state index contributed by atoms with van der Waals surface area (Å²) in [6.45, 7) is 10.8. The Labute approximate surface area is 163 Å². The Morgan fingerprint density at radius 3 is 2.63 bits per heavy atom. The van der Waals surface area contributed by atoms with Crippen molar-refractivity contribution >= 4 is 5.97 Å². The average molecular weight is 378 g/mol. The molecule has 6 nitrogen and oxygen atoms in total. The van der Waals surface area contributed by atoms with Crippen LogP contribution in [-0.2, 0) is 16.1 Å². The Morgan fingerprint density at radius 2 is 1.96 bits per heavy atom. The van der Waals surface area contributed by atoms with E-state index in [0.29, 0.717) is 13.2 Å². The highest BCUT2D eigenvalue weighted by Crippen LogP contribution is 2.21. The van der Waals surface area contributed by atoms with Gasteiger partial charge < -0.3 is 14.7 Å². The topological polar surface area (TPSA) is 56.3 Å². The molecule has 1 aromatic carbocycles. The number of carboxylic acid groups (broad SMARTS) is 1. The Bertz CT molecular complexity index is 579. The van der Waals surface area contributed by atoms with Crippen molar-refractivity contribution in [3.63, 3.8) is 0 Å². The molecule has 0 saturated carbocycles. The van der Waals surface area contributed by atoms with Crippen LogP contribution in [-0.4, -0.2) is 91.9 Å². The number of nitrogens with zero attached hydrogens (tertiary/aromatic N) is 3.